The molecule has 0 aromatic heterocycles. The molecule has 0 saturated carbocycles. The van der Waals surface area contributed by atoms with Gasteiger partial charge in [-0.1, -0.05) is 63.2 Å². The summed E-state index contributed by atoms with van der Waals surface area (Å²) in [5, 5.41) is 12.5. The molecule has 0 aliphatic heterocycles. The van der Waals surface area contributed by atoms with E-state index in [1.54, 1.807) is 0 Å². The van der Waals surface area contributed by atoms with Gasteiger partial charge in [-0.05, 0) is 42.4 Å². The molecule has 0 spiro atoms. The average Bonchev–Trinajstić information content (AvgIpc) is 2.67. The standard InChI is InChI=1S/C21H20NOP.2ClH.Ti/c1-15-8-7-13-19(20(15)23)24-21-16(2)9-6-10-17(21)14-22-18-11-4-3-5-12-18;;;/h3-14,23-24H,1-2H3;2*1H;/q;;;+2/p-2. The van der Waals surface area contributed by atoms with Crippen LogP contribution in [0.25, 0.3) is 0 Å². The molecule has 27 heavy (non-hydrogen) atoms. The van der Waals surface area contributed by atoms with E-state index < -0.39 is 17.0 Å². The molecule has 0 saturated heterocycles. The van der Waals surface area contributed by atoms with Crippen molar-refractivity contribution in [3.63, 3.8) is 0 Å². The Hall–Kier alpha value is -1.15. The molecule has 2 nitrogen and oxygen atoms in total. The first-order valence-corrected chi connectivity index (χ1v) is 13.6. The molecule has 0 fully saturated rings. The second kappa shape index (κ2) is 11.6. The van der Waals surface area contributed by atoms with Crippen LogP contribution in [0.15, 0.2) is 71.7 Å². The molecule has 0 aliphatic rings. The molecule has 3 aromatic carbocycles. The van der Waals surface area contributed by atoms with E-state index in [2.05, 4.69) is 24.0 Å². The first-order valence-electron chi connectivity index (χ1n) is 8.27. The predicted molar refractivity (Wildman–Crippen MR) is 117 cm³/mol. The Labute approximate surface area is 179 Å². The van der Waals surface area contributed by atoms with Crippen LogP contribution in [0, 0.1) is 13.8 Å². The topological polar surface area (TPSA) is 32.6 Å². The van der Waals surface area contributed by atoms with Gasteiger partial charge in [-0.25, -0.2) is 0 Å². The molecule has 1 unspecified atom stereocenters. The number of phenols is 1. The van der Waals surface area contributed by atoms with Crippen LogP contribution in [0.5, 0.6) is 5.75 Å². The van der Waals surface area contributed by atoms with Gasteiger partial charge in [0.2, 0.25) is 0 Å². The van der Waals surface area contributed by atoms with Gasteiger partial charge < -0.3 is 5.11 Å². The Kier molecular flexibility index (Phi) is 9.55. The fraction of sp³-hybridized carbons (Fsp3) is 0.0952. The third-order valence-electron chi connectivity index (χ3n) is 3.91. The Morgan fingerprint density at radius 1 is 0.889 bits per heavy atom. The van der Waals surface area contributed by atoms with Crippen molar-refractivity contribution in [3.05, 3.63) is 83.4 Å². The minimum absolute atomic E-state index is 0.394. The number of phenolic OH excluding ortho intramolecular Hbond substituents is 1. The maximum atomic E-state index is 10.3. The van der Waals surface area contributed by atoms with Gasteiger partial charge in [0.15, 0.2) is 0 Å². The number of halogens is 2. The molecule has 0 amide bonds. The first kappa shape index (κ1) is 22.1. The van der Waals surface area contributed by atoms with Crippen LogP contribution in [0.4, 0.5) is 5.69 Å². The van der Waals surface area contributed by atoms with Crippen LogP contribution in [0.1, 0.15) is 16.7 Å². The van der Waals surface area contributed by atoms with E-state index in [1.165, 1.54) is 10.9 Å². The van der Waals surface area contributed by atoms with Gasteiger partial charge in [0.25, 0.3) is 0 Å². The van der Waals surface area contributed by atoms with E-state index in [4.69, 9.17) is 18.6 Å². The zero-order valence-corrected chi connectivity index (χ0v) is 19.2. The van der Waals surface area contributed by atoms with Crippen molar-refractivity contribution in [1.29, 1.82) is 0 Å². The quantitative estimate of drug-likeness (QED) is 0.305. The summed E-state index contributed by atoms with van der Waals surface area (Å²) in [4.78, 5) is 4.58. The molecule has 1 N–H and O–H groups in total. The Morgan fingerprint density at radius 3 is 2.22 bits per heavy atom. The Bertz CT molecular complexity index is 904. The normalized spacial score (nSPS) is 10.8. The third-order valence-corrected chi connectivity index (χ3v) is 5.52. The molecule has 0 radical (unpaired) electrons. The van der Waals surface area contributed by atoms with E-state index >= 15 is 0 Å². The van der Waals surface area contributed by atoms with Crippen molar-refractivity contribution in [2.75, 3.05) is 0 Å². The maximum absolute atomic E-state index is 10.3. The summed E-state index contributed by atoms with van der Waals surface area (Å²) in [6, 6.07) is 22.1. The van der Waals surface area contributed by atoms with Crippen LogP contribution in [-0.2, 0) is 17.0 Å². The molecule has 138 valence electrons. The molecular weight excluding hydrogens is 432 g/mol. The molecule has 6 heteroatoms. The van der Waals surface area contributed by atoms with Crippen LogP contribution in [0.3, 0.4) is 0 Å². The fourth-order valence-corrected chi connectivity index (χ4v) is 3.86. The van der Waals surface area contributed by atoms with Crippen LogP contribution >= 0.6 is 27.2 Å². The van der Waals surface area contributed by atoms with Crippen molar-refractivity contribution in [1.82, 2.24) is 0 Å². The summed E-state index contributed by atoms with van der Waals surface area (Å²) in [6.45, 7) is 4.04. The van der Waals surface area contributed by atoms with Crippen LogP contribution in [-0.4, -0.2) is 11.3 Å². The number of benzene rings is 3. The number of nitrogens with zero attached hydrogens (tertiary/aromatic N) is 1. The van der Waals surface area contributed by atoms with Gasteiger partial charge >= 0.3 is 35.6 Å². The summed E-state index contributed by atoms with van der Waals surface area (Å²) in [7, 11) is 10.2. The third kappa shape index (κ3) is 6.75. The van der Waals surface area contributed by atoms with Gasteiger partial charge in [-0.3, -0.25) is 4.99 Å². The molecule has 0 heterocycles. The molecule has 3 rings (SSSR count). The number of hydrogen-bond donors (Lipinski definition) is 1. The minimum atomic E-state index is -0.556. The van der Waals surface area contributed by atoms with E-state index in [0.717, 1.165) is 22.1 Å². The second-order valence-corrected chi connectivity index (χ2v) is 9.67. The SMILES string of the molecule is Cc1cccc(Pc2c(C)cccc2C=Nc2ccccc2)c1O.[Cl][Ti][Cl]. The number of rotatable bonds is 4. The van der Waals surface area contributed by atoms with Gasteiger partial charge in [-0.2, -0.15) is 0 Å². The summed E-state index contributed by atoms with van der Waals surface area (Å²) in [5.74, 6) is 0.394. The number of aliphatic imine (C=N–C) groups is 1. The fourth-order valence-electron chi connectivity index (χ4n) is 2.52. The zero-order valence-electron chi connectivity index (χ0n) is 15.1. The van der Waals surface area contributed by atoms with Gasteiger partial charge in [0.05, 0.1) is 5.69 Å². The molecule has 3 aromatic rings. The number of aryl methyl sites for hydroxylation is 2. The van der Waals surface area contributed by atoms with Crippen LogP contribution < -0.4 is 10.6 Å². The average molecular weight is 452 g/mol. The van der Waals surface area contributed by atoms with Crippen LogP contribution in [0.2, 0.25) is 0 Å². The van der Waals surface area contributed by atoms with E-state index in [9.17, 15) is 5.11 Å². The molecule has 1 atom stereocenters. The zero-order chi connectivity index (χ0) is 19.6. The second-order valence-electron chi connectivity index (χ2n) is 5.80. The van der Waals surface area contributed by atoms with E-state index in [0.29, 0.717) is 14.3 Å². The van der Waals surface area contributed by atoms with Gasteiger partial charge in [0, 0.05) is 17.1 Å². The monoisotopic (exact) mass is 451 g/mol. The van der Waals surface area contributed by atoms with Crippen molar-refractivity contribution >= 4 is 49.7 Å². The van der Waals surface area contributed by atoms with Gasteiger partial charge in [0.1, 0.15) is 5.75 Å². The predicted octanol–water partition coefficient (Wildman–Crippen LogP) is 5.77. The summed E-state index contributed by atoms with van der Waals surface area (Å²) < 4.78 is 0. The number of hydrogen-bond acceptors (Lipinski definition) is 2. The van der Waals surface area contributed by atoms with E-state index in [1.807, 2.05) is 67.7 Å². The first-order chi connectivity index (χ1) is 13.1. The van der Waals surface area contributed by atoms with Crippen molar-refractivity contribution in [2.45, 2.75) is 13.8 Å². The summed E-state index contributed by atoms with van der Waals surface area (Å²) in [6.07, 6.45) is 1.91. The summed E-state index contributed by atoms with van der Waals surface area (Å²) >= 11 is -0.556. The van der Waals surface area contributed by atoms with Crippen molar-refractivity contribution in [2.24, 2.45) is 4.99 Å². The number of aromatic hydroxyl groups is 1. The molecule has 0 bridgehead atoms. The Balaban J connectivity index is 0.000000817. The van der Waals surface area contributed by atoms with Gasteiger partial charge in [-0.15, -0.1) is 0 Å². The molecule has 0 aliphatic carbocycles. The van der Waals surface area contributed by atoms with Crippen molar-refractivity contribution < 1.29 is 22.1 Å². The Morgan fingerprint density at radius 2 is 1.52 bits per heavy atom. The number of para-hydroxylation sites is 2. The van der Waals surface area contributed by atoms with Crippen molar-refractivity contribution in [3.8, 4) is 5.75 Å². The summed E-state index contributed by atoms with van der Waals surface area (Å²) in [5.41, 5.74) is 4.16. The van der Waals surface area contributed by atoms with E-state index in [-0.39, 0.29) is 0 Å². The molecular formula is C21H20Cl2NOPTi.